The highest BCUT2D eigenvalue weighted by atomic mass is 16.2. The fraction of sp³-hybridized carbons (Fsp3) is 0.429. The van der Waals surface area contributed by atoms with Gasteiger partial charge in [0.05, 0.1) is 0 Å². The van der Waals surface area contributed by atoms with Gasteiger partial charge in [0.1, 0.15) is 0 Å². The quantitative estimate of drug-likeness (QED) is 0.751. The molecule has 0 saturated carbocycles. The topological polar surface area (TPSA) is 45.2 Å². The summed E-state index contributed by atoms with van der Waals surface area (Å²) in [6.07, 6.45) is 6.32. The van der Waals surface area contributed by atoms with E-state index in [0.717, 1.165) is 32.5 Å². The first-order chi connectivity index (χ1) is 12.2. The molecule has 4 heteroatoms. The molecule has 0 radical (unpaired) electrons. The van der Waals surface area contributed by atoms with E-state index in [0.29, 0.717) is 24.3 Å². The van der Waals surface area contributed by atoms with Crippen LogP contribution in [0.3, 0.4) is 0 Å². The highest BCUT2D eigenvalue weighted by molar-refractivity contribution is 5.78. The summed E-state index contributed by atoms with van der Waals surface area (Å²) in [6, 6.07) is 14.9. The van der Waals surface area contributed by atoms with Crippen LogP contribution in [0.2, 0.25) is 0 Å². The molecule has 25 heavy (non-hydrogen) atoms. The zero-order valence-corrected chi connectivity index (χ0v) is 14.9. The van der Waals surface area contributed by atoms with Crippen molar-refractivity contribution in [3.05, 3.63) is 66.0 Å². The second-order valence-electron chi connectivity index (χ2n) is 6.87. The second-order valence-corrected chi connectivity index (χ2v) is 6.87. The lowest BCUT2D eigenvalue weighted by Crippen LogP contribution is -2.37. The summed E-state index contributed by atoms with van der Waals surface area (Å²) in [7, 11) is 0. The fourth-order valence-electron chi connectivity index (χ4n) is 3.53. The molecule has 1 saturated heterocycles. The van der Waals surface area contributed by atoms with E-state index in [1.165, 1.54) is 11.1 Å². The number of likely N-dealkylation sites (tertiary alicyclic amines) is 1. The van der Waals surface area contributed by atoms with Gasteiger partial charge in [0.2, 0.25) is 5.91 Å². The monoisotopic (exact) mass is 337 g/mol. The summed E-state index contributed by atoms with van der Waals surface area (Å²) in [4.78, 5) is 18.4. The Kier molecular flexibility index (Phi) is 6.18. The third-order valence-electron chi connectivity index (χ3n) is 5.02. The SMILES string of the molecule is CC(CN1C(=O)CCC1CCNCc1ccncc1)c1ccccc1. The fourth-order valence-corrected chi connectivity index (χ4v) is 3.53. The van der Waals surface area contributed by atoms with Crippen LogP contribution < -0.4 is 5.32 Å². The highest BCUT2D eigenvalue weighted by Crippen LogP contribution is 2.25. The van der Waals surface area contributed by atoms with E-state index in [4.69, 9.17) is 0 Å². The van der Waals surface area contributed by atoms with Gasteiger partial charge in [0.25, 0.3) is 0 Å². The normalized spacial score (nSPS) is 18.5. The predicted octanol–water partition coefficient (Wildman–Crippen LogP) is 3.36. The van der Waals surface area contributed by atoms with Gasteiger partial charge in [0.15, 0.2) is 0 Å². The molecule has 1 aromatic heterocycles. The number of aromatic nitrogens is 1. The molecule has 1 N–H and O–H groups in total. The Morgan fingerprint density at radius 3 is 2.72 bits per heavy atom. The minimum atomic E-state index is 0.307. The van der Waals surface area contributed by atoms with Gasteiger partial charge in [-0.05, 0) is 48.6 Å². The van der Waals surface area contributed by atoms with Gasteiger partial charge in [-0.3, -0.25) is 9.78 Å². The molecule has 1 aromatic carbocycles. The van der Waals surface area contributed by atoms with Gasteiger partial charge in [-0.25, -0.2) is 0 Å². The number of hydrogen-bond donors (Lipinski definition) is 1. The number of nitrogens with zero attached hydrogens (tertiary/aromatic N) is 2. The molecule has 132 valence electrons. The molecule has 2 unspecified atom stereocenters. The molecule has 0 spiro atoms. The Labute approximate surface area is 150 Å². The number of rotatable bonds is 8. The van der Waals surface area contributed by atoms with Crippen LogP contribution in [0.25, 0.3) is 0 Å². The first kappa shape index (κ1) is 17.6. The van der Waals surface area contributed by atoms with Crippen molar-refractivity contribution >= 4 is 5.91 Å². The average Bonchev–Trinajstić information content (AvgIpc) is 3.00. The minimum absolute atomic E-state index is 0.307. The first-order valence-electron chi connectivity index (χ1n) is 9.18. The molecule has 0 aliphatic carbocycles. The third kappa shape index (κ3) is 4.89. The zero-order chi connectivity index (χ0) is 17.5. The van der Waals surface area contributed by atoms with Crippen LogP contribution in [0.1, 0.15) is 43.2 Å². The molecular weight excluding hydrogens is 310 g/mol. The number of amides is 1. The third-order valence-corrected chi connectivity index (χ3v) is 5.02. The predicted molar refractivity (Wildman–Crippen MR) is 100 cm³/mol. The number of benzene rings is 1. The van der Waals surface area contributed by atoms with Crippen LogP contribution in [0.5, 0.6) is 0 Å². The molecule has 2 heterocycles. The van der Waals surface area contributed by atoms with Gasteiger partial charge in [0, 0.05) is 37.9 Å². The van der Waals surface area contributed by atoms with E-state index in [1.807, 2.05) is 30.6 Å². The van der Waals surface area contributed by atoms with Crippen molar-refractivity contribution in [2.24, 2.45) is 0 Å². The van der Waals surface area contributed by atoms with Gasteiger partial charge in [-0.15, -0.1) is 0 Å². The van der Waals surface area contributed by atoms with Gasteiger partial charge in [-0.1, -0.05) is 37.3 Å². The number of carbonyl (C=O) groups is 1. The number of nitrogens with one attached hydrogen (secondary N) is 1. The van der Waals surface area contributed by atoms with E-state index in [1.54, 1.807) is 0 Å². The molecule has 0 bridgehead atoms. The minimum Gasteiger partial charge on any atom is -0.339 e. The van der Waals surface area contributed by atoms with Crippen molar-refractivity contribution < 1.29 is 4.79 Å². The Balaban J connectivity index is 1.48. The summed E-state index contributed by atoms with van der Waals surface area (Å²) in [5.74, 6) is 0.678. The number of hydrogen-bond acceptors (Lipinski definition) is 3. The lowest BCUT2D eigenvalue weighted by atomic mass is 10.00. The van der Waals surface area contributed by atoms with Crippen molar-refractivity contribution in [1.82, 2.24) is 15.2 Å². The largest absolute Gasteiger partial charge is 0.339 e. The molecular formula is C21H27N3O. The van der Waals surface area contributed by atoms with Crippen LogP contribution in [0.15, 0.2) is 54.9 Å². The van der Waals surface area contributed by atoms with Gasteiger partial charge >= 0.3 is 0 Å². The molecule has 3 rings (SSSR count). The van der Waals surface area contributed by atoms with E-state index in [9.17, 15) is 4.79 Å². The standard InChI is InChI=1S/C21H27N3O/c1-17(19-5-3-2-4-6-19)16-24-20(7-8-21(24)25)11-14-23-15-18-9-12-22-13-10-18/h2-6,9-10,12-13,17,20,23H,7-8,11,14-16H2,1H3. The lowest BCUT2D eigenvalue weighted by molar-refractivity contribution is -0.129. The lowest BCUT2D eigenvalue weighted by Gasteiger charge is -2.28. The maximum Gasteiger partial charge on any atom is 0.222 e. The van der Waals surface area contributed by atoms with Crippen molar-refractivity contribution in [3.8, 4) is 0 Å². The molecule has 1 fully saturated rings. The maximum absolute atomic E-state index is 12.3. The van der Waals surface area contributed by atoms with Crippen LogP contribution in [-0.2, 0) is 11.3 Å². The van der Waals surface area contributed by atoms with E-state index in [2.05, 4.69) is 46.4 Å². The van der Waals surface area contributed by atoms with Crippen molar-refractivity contribution in [2.75, 3.05) is 13.1 Å². The summed E-state index contributed by atoms with van der Waals surface area (Å²) in [5.41, 5.74) is 2.55. The molecule has 2 atom stereocenters. The Morgan fingerprint density at radius 1 is 1.20 bits per heavy atom. The summed E-state index contributed by atoms with van der Waals surface area (Å²) in [5, 5.41) is 3.48. The van der Waals surface area contributed by atoms with E-state index in [-0.39, 0.29) is 0 Å². The number of carbonyl (C=O) groups excluding carboxylic acids is 1. The molecule has 1 aliphatic rings. The Bertz CT molecular complexity index is 659. The van der Waals surface area contributed by atoms with E-state index < -0.39 is 0 Å². The van der Waals surface area contributed by atoms with Crippen molar-refractivity contribution in [2.45, 2.75) is 44.7 Å². The first-order valence-corrected chi connectivity index (χ1v) is 9.18. The zero-order valence-electron chi connectivity index (χ0n) is 14.9. The Morgan fingerprint density at radius 2 is 1.96 bits per heavy atom. The molecule has 4 nitrogen and oxygen atoms in total. The summed E-state index contributed by atoms with van der Waals surface area (Å²) < 4.78 is 0. The van der Waals surface area contributed by atoms with E-state index >= 15 is 0 Å². The highest BCUT2D eigenvalue weighted by Gasteiger charge is 2.31. The molecule has 1 amide bonds. The summed E-state index contributed by atoms with van der Waals surface area (Å²) >= 11 is 0. The number of pyridine rings is 1. The van der Waals surface area contributed by atoms with Gasteiger partial charge < -0.3 is 10.2 Å². The van der Waals surface area contributed by atoms with Gasteiger partial charge in [-0.2, -0.15) is 0 Å². The maximum atomic E-state index is 12.3. The van der Waals surface area contributed by atoms with Crippen molar-refractivity contribution in [3.63, 3.8) is 0 Å². The van der Waals surface area contributed by atoms with Crippen LogP contribution >= 0.6 is 0 Å². The van der Waals surface area contributed by atoms with Crippen LogP contribution in [-0.4, -0.2) is 34.9 Å². The molecule has 2 aromatic rings. The van der Waals surface area contributed by atoms with Crippen LogP contribution in [0, 0.1) is 0 Å². The van der Waals surface area contributed by atoms with Crippen LogP contribution in [0.4, 0.5) is 0 Å². The average molecular weight is 337 g/mol. The molecule has 1 aliphatic heterocycles. The Hall–Kier alpha value is -2.20. The van der Waals surface area contributed by atoms with Crippen molar-refractivity contribution in [1.29, 1.82) is 0 Å². The smallest absolute Gasteiger partial charge is 0.222 e. The summed E-state index contributed by atoms with van der Waals surface area (Å²) in [6.45, 7) is 4.80. The second kappa shape index (κ2) is 8.77.